The Balaban J connectivity index is 1.43. The molecule has 1 unspecified atom stereocenters. The third-order valence-corrected chi connectivity index (χ3v) is 5.77. The van der Waals surface area contributed by atoms with Crippen LogP contribution in [0.1, 0.15) is 37.2 Å². The van der Waals surface area contributed by atoms with Gasteiger partial charge in [-0.3, -0.25) is 9.78 Å². The summed E-state index contributed by atoms with van der Waals surface area (Å²) in [5.74, 6) is -0.844. The number of nitrogens with zero attached hydrogens (tertiary/aromatic N) is 7. The zero-order valence-electron chi connectivity index (χ0n) is 17.1. The van der Waals surface area contributed by atoms with Gasteiger partial charge in [-0.25, -0.2) is 0 Å². The highest BCUT2D eigenvalue weighted by molar-refractivity contribution is 5.79. The second-order valence-corrected chi connectivity index (χ2v) is 7.66. The molecule has 0 aromatic carbocycles. The second-order valence-electron chi connectivity index (χ2n) is 7.66. The Hall–Kier alpha value is -3.24. The predicted octanol–water partition coefficient (Wildman–Crippen LogP) is 2.97. The van der Waals surface area contributed by atoms with Crippen LogP contribution in [0.15, 0.2) is 36.7 Å². The van der Waals surface area contributed by atoms with Gasteiger partial charge in [0.05, 0.1) is 6.04 Å². The van der Waals surface area contributed by atoms with E-state index in [1.807, 2.05) is 24.0 Å². The van der Waals surface area contributed by atoms with Gasteiger partial charge in [0.25, 0.3) is 5.82 Å². The zero-order chi connectivity index (χ0) is 22.2. The van der Waals surface area contributed by atoms with Crippen molar-refractivity contribution in [3.63, 3.8) is 0 Å². The van der Waals surface area contributed by atoms with Crippen LogP contribution in [-0.4, -0.2) is 55.7 Å². The first-order valence-electron chi connectivity index (χ1n) is 9.97. The quantitative estimate of drug-likeness (QED) is 0.630. The lowest BCUT2D eigenvalue weighted by Gasteiger charge is -2.35. The van der Waals surface area contributed by atoms with Gasteiger partial charge in [0.15, 0.2) is 5.65 Å². The summed E-state index contributed by atoms with van der Waals surface area (Å²) in [6.07, 6.45) is -0.0103. The maximum Gasteiger partial charge on any atom is 0.453 e. The molecule has 8 nitrogen and oxygen atoms in total. The number of fused-ring (bicyclic) bond motifs is 1. The summed E-state index contributed by atoms with van der Waals surface area (Å²) in [6, 6.07) is 6.77. The van der Waals surface area contributed by atoms with Crippen molar-refractivity contribution in [2.24, 2.45) is 5.92 Å². The molecule has 1 saturated heterocycles. The molecule has 4 rings (SSSR count). The maximum atomic E-state index is 13.1. The average Bonchev–Trinajstić information content (AvgIpc) is 3.22. The fourth-order valence-corrected chi connectivity index (χ4v) is 3.81. The summed E-state index contributed by atoms with van der Waals surface area (Å²) >= 11 is 0. The van der Waals surface area contributed by atoms with Crippen LogP contribution in [0.3, 0.4) is 0 Å². The highest BCUT2D eigenvalue weighted by Gasteiger charge is 2.38. The van der Waals surface area contributed by atoms with Gasteiger partial charge < -0.3 is 9.80 Å². The summed E-state index contributed by atoms with van der Waals surface area (Å²) in [7, 11) is 1.78. The molecule has 0 N–H and O–H groups in total. The van der Waals surface area contributed by atoms with Gasteiger partial charge in [0, 0.05) is 38.4 Å². The van der Waals surface area contributed by atoms with Crippen molar-refractivity contribution in [2.45, 2.75) is 32.0 Å². The van der Waals surface area contributed by atoms with Crippen molar-refractivity contribution in [3.8, 4) is 0 Å². The molecule has 1 fully saturated rings. The first-order chi connectivity index (χ1) is 14.8. The molecule has 3 aromatic rings. The van der Waals surface area contributed by atoms with Crippen molar-refractivity contribution >= 4 is 17.4 Å². The van der Waals surface area contributed by atoms with Crippen molar-refractivity contribution < 1.29 is 18.0 Å². The monoisotopic (exact) mass is 433 g/mol. The van der Waals surface area contributed by atoms with E-state index < -0.39 is 12.0 Å². The van der Waals surface area contributed by atoms with E-state index in [2.05, 4.69) is 20.3 Å². The molecule has 31 heavy (non-hydrogen) atoms. The fourth-order valence-electron chi connectivity index (χ4n) is 3.81. The molecular weight excluding hydrogens is 411 g/mol. The number of carbonyl (C=O) groups excluding carboxylic acids is 1. The minimum Gasteiger partial charge on any atom is -0.355 e. The Morgan fingerprint density at radius 2 is 1.94 bits per heavy atom. The lowest BCUT2D eigenvalue weighted by molar-refractivity contribution is -0.146. The summed E-state index contributed by atoms with van der Waals surface area (Å²) < 4.78 is 40.0. The van der Waals surface area contributed by atoms with E-state index in [9.17, 15) is 18.0 Å². The van der Waals surface area contributed by atoms with Crippen LogP contribution in [0.5, 0.6) is 0 Å². The van der Waals surface area contributed by atoms with Gasteiger partial charge in [-0.2, -0.15) is 17.7 Å². The molecule has 11 heteroatoms. The molecule has 1 aliphatic rings. The molecule has 0 radical (unpaired) electrons. The molecule has 4 heterocycles. The van der Waals surface area contributed by atoms with Gasteiger partial charge >= 0.3 is 6.18 Å². The van der Waals surface area contributed by atoms with E-state index in [1.54, 1.807) is 30.4 Å². The first-order valence-corrected chi connectivity index (χ1v) is 9.97. The number of rotatable bonds is 4. The Bertz CT molecular complexity index is 1060. The minimum atomic E-state index is -4.64. The number of alkyl halides is 3. The van der Waals surface area contributed by atoms with Crippen LogP contribution in [0.25, 0.3) is 5.65 Å². The van der Waals surface area contributed by atoms with Gasteiger partial charge in [-0.1, -0.05) is 6.07 Å². The Kier molecular flexibility index (Phi) is 5.50. The zero-order valence-corrected chi connectivity index (χ0v) is 17.1. The topological polar surface area (TPSA) is 79.5 Å². The lowest BCUT2D eigenvalue weighted by Crippen LogP contribution is -2.42. The van der Waals surface area contributed by atoms with Crippen LogP contribution in [-0.2, 0) is 11.0 Å². The SMILES string of the molecule is CC(c1cccnc1)N(C)C(=O)C1CCN(c2ccc3nnc(C(F)(F)F)n3n2)CC1. The maximum absolute atomic E-state index is 13.1. The molecule has 0 saturated carbocycles. The summed E-state index contributed by atoms with van der Waals surface area (Å²) in [6.45, 7) is 3.00. The number of hydrogen-bond donors (Lipinski definition) is 0. The number of pyridine rings is 1. The third kappa shape index (κ3) is 4.17. The Labute approximate surface area is 176 Å². The molecule has 164 valence electrons. The summed E-state index contributed by atoms with van der Waals surface area (Å²) in [5, 5.41) is 10.8. The average molecular weight is 433 g/mol. The highest BCUT2D eigenvalue weighted by atomic mass is 19.4. The number of anilines is 1. The standard InChI is InChI=1S/C20H22F3N7O/c1-13(15-4-3-9-24-12-15)28(2)18(31)14-7-10-29(11-8-14)17-6-5-16-25-26-19(20(21,22)23)30(16)27-17/h3-6,9,12-14H,7-8,10-11H2,1-2H3. The highest BCUT2D eigenvalue weighted by Crippen LogP contribution is 2.29. The van der Waals surface area contributed by atoms with E-state index in [1.165, 1.54) is 6.07 Å². The van der Waals surface area contributed by atoms with E-state index in [4.69, 9.17) is 0 Å². The predicted molar refractivity (Wildman–Crippen MR) is 106 cm³/mol. The first kappa shape index (κ1) is 21.0. The smallest absolute Gasteiger partial charge is 0.355 e. The van der Waals surface area contributed by atoms with Crippen LogP contribution in [0, 0.1) is 5.92 Å². The lowest BCUT2D eigenvalue weighted by atomic mass is 9.94. The molecule has 1 amide bonds. The molecule has 3 aromatic heterocycles. The molecule has 0 aliphatic carbocycles. The molecule has 0 spiro atoms. The number of aromatic nitrogens is 5. The number of piperidine rings is 1. The van der Waals surface area contributed by atoms with E-state index in [0.717, 1.165) is 10.1 Å². The number of halogens is 3. The minimum absolute atomic E-state index is 0.0344. The third-order valence-electron chi connectivity index (χ3n) is 5.77. The van der Waals surface area contributed by atoms with Crippen molar-refractivity contribution in [1.29, 1.82) is 0 Å². The second kappa shape index (κ2) is 8.12. The van der Waals surface area contributed by atoms with Crippen molar-refractivity contribution in [2.75, 3.05) is 25.0 Å². The normalized spacial score (nSPS) is 16.5. The fraction of sp³-hybridized carbons (Fsp3) is 0.450. The van der Waals surface area contributed by atoms with Gasteiger partial charge in [0.1, 0.15) is 5.82 Å². The summed E-state index contributed by atoms with van der Waals surface area (Å²) in [4.78, 5) is 20.7. The molecule has 0 bridgehead atoms. The Morgan fingerprint density at radius 3 is 2.58 bits per heavy atom. The van der Waals surface area contributed by atoms with Crippen LogP contribution >= 0.6 is 0 Å². The summed E-state index contributed by atoms with van der Waals surface area (Å²) in [5.41, 5.74) is 0.995. The van der Waals surface area contributed by atoms with E-state index >= 15 is 0 Å². The van der Waals surface area contributed by atoms with Gasteiger partial charge in [0.2, 0.25) is 5.91 Å². The van der Waals surface area contributed by atoms with Gasteiger partial charge in [-0.05, 0) is 43.5 Å². The van der Waals surface area contributed by atoms with Crippen LogP contribution in [0.4, 0.5) is 19.0 Å². The number of hydrogen-bond acceptors (Lipinski definition) is 6. The number of amides is 1. The Morgan fingerprint density at radius 1 is 1.19 bits per heavy atom. The molecular formula is C20H22F3N7O. The molecule has 1 atom stereocenters. The number of carbonyl (C=O) groups is 1. The van der Waals surface area contributed by atoms with Crippen LogP contribution in [0.2, 0.25) is 0 Å². The van der Waals surface area contributed by atoms with Gasteiger partial charge in [-0.15, -0.1) is 15.3 Å². The molecule has 1 aliphatic heterocycles. The van der Waals surface area contributed by atoms with Crippen molar-refractivity contribution in [1.82, 2.24) is 29.7 Å². The largest absolute Gasteiger partial charge is 0.453 e. The van der Waals surface area contributed by atoms with E-state index in [-0.39, 0.29) is 23.5 Å². The van der Waals surface area contributed by atoms with Crippen LogP contribution < -0.4 is 4.90 Å². The van der Waals surface area contributed by atoms with Crippen molar-refractivity contribution in [3.05, 3.63) is 48.0 Å². The van der Waals surface area contributed by atoms with E-state index in [0.29, 0.717) is 31.7 Å².